The van der Waals surface area contributed by atoms with Gasteiger partial charge in [-0.25, -0.2) is 0 Å². The van der Waals surface area contributed by atoms with E-state index in [4.69, 9.17) is 11.6 Å². The lowest BCUT2D eigenvalue weighted by atomic mass is 10.1. The monoisotopic (exact) mass is 258 g/mol. The number of halogens is 1. The number of aromatic nitrogens is 1. The van der Waals surface area contributed by atoms with Crippen LogP contribution in [0.2, 0.25) is 5.02 Å². The fraction of sp³-hybridized carbons (Fsp3) is 0.267. The molecule has 1 N–H and O–H groups in total. The zero-order chi connectivity index (χ0) is 12.4. The fourth-order valence-corrected chi connectivity index (χ4v) is 2.15. The molecule has 1 aliphatic rings. The van der Waals surface area contributed by atoms with Crippen molar-refractivity contribution in [3.05, 3.63) is 53.3 Å². The van der Waals surface area contributed by atoms with E-state index in [2.05, 4.69) is 22.4 Å². The van der Waals surface area contributed by atoms with E-state index in [1.165, 1.54) is 18.4 Å². The molecule has 0 aliphatic heterocycles. The number of nitrogens with zero attached hydrogens (tertiary/aromatic N) is 1. The van der Waals surface area contributed by atoms with Crippen LogP contribution >= 0.6 is 11.6 Å². The van der Waals surface area contributed by atoms with Crippen molar-refractivity contribution in [2.45, 2.75) is 25.4 Å². The van der Waals surface area contributed by atoms with Crippen LogP contribution in [0.4, 0.5) is 0 Å². The average Bonchev–Trinajstić information content (AvgIpc) is 3.21. The Kier molecular flexibility index (Phi) is 3.31. The summed E-state index contributed by atoms with van der Waals surface area (Å²) >= 11 is 6.01. The van der Waals surface area contributed by atoms with E-state index in [9.17, 15) is 0 Å². The SMILES string of the molecule is Clc1cccc(-c2cncc(CNC3CC3)c2)c1. The molecule has 0 atom stereocenters. The number of rotatable bonds is 4. The zero-order valence-corrected chi connectivity index (χ0v) is 10.8. The second-order valence-electron chi connectivity index (χ2n) is 4.75. The van der Waals surface area contributed by atoms with Crippen LogP contribution in [-0.4, -0.2) is 11.0 Å². The van der Waals surface area contributed by atoms with Gasteiger partial charge in [-0.15, -0.1) is 0 Å². The molecule has 0 amide bonds. The molecule has 2 aromatic rings. The first kappa shape index (κ1) is 11.7. The van der Waals surface area contributed by atoms with Crippen LogP contribution in [0.3, 0.4) is 0 Å². The van der Waals surface area contributed by atoms with Gasteiger partial charge in [0.2, 0.25) is 0 Å². The first-order valence-corrected chi connectivity index (χ1v) is 6.62. The van der Waals surface area contributed by atoms with Crippen LogP contribution in [0.1, 0.15) is 18.4 Å². The van der Waals surface area contributed by atoms with Gasteiger partial charge in [-0.1, -0.05) is 23.7 Å². The molecule has 1 saturated carbocycles. The Morgan fingerprint density at radius 3 is 2.83 bits per heavy atom. The third kappa shape index (κ3) is 2.89. The smallest absolute Gasteiger partial charge is 0.0412 e. The van der Waals surface area contributed by atoms with E-state index < -0.39 is 0 Å². The molecular weight excluding hydrogens is 244 g/mol. The summed E-state index contributed by atoms with van der Waals surface area (Å²) in [7, 11) is 0. The molecule has 1 aromatic carbocycles. The quantitative estimate of drug-likeness (QED) is 0.905. The van der Waals surface area contributed by atoms with Crippen molar-refractivity contribution < 1.29 is 0 Å². The third-order valence-electron chi connectivity index (χ3n) is 3.13. The van der Waals surface area contributed by atoms with E-state index >= 15 is 0 Å². The molecule has 3 rings (SSSR count). The molecule has 1 fully saturated rings. The number of hydrogen-bond donors (Lipinski definition) is 1. The Morgan fingerprint density at radius 2 is 2.06 bits per heavy atom. The Balaban J connectivity index is 1.80. The highest BCUT2D eigenvalue weighted by molar-refractivity contribution is 6.30. The average molecular weight is 259 g/mol. The molecule has 18 heavy (non-hydrogen) atoms. The van der Waals surface area contributed by atoms with Gasteiger partial charge in [0, 0.05) is 35.6 Å². The maximum absolute atomic E-state index is 6.01. The van der Waals surface area contributed by atoms with Gasteiger partial charge in [0.25, 0.3) is 0 Å². The van der Waals surface area contributed by atoms with Crippen molar-refractivity contribution in [1.82, 2.24) is 10.3 Å². The van der Waals surface area contributed by atoms with Crippen molar-refractivity contribution in [3.8, 4) is 11.1 Å². The summed E-state index contributed by atoms with van der Waals surface area (Å²) in [5.41, 5.74) is 3.45. The molecule has 1 heterocycles. The third-order valence-corrected chi connectivity index (χ3v) is 3.36. The first-order chi connectivity index (χ1) is 8.81. The highest BCUT2D eigenvalue weighted by atomic mass is 35.5. The summed E-state index contributed by atoms with van der Waals surface area (Å²) in [6.07, 6.45) is 6.42. The van der Waals surface area contributed by atoms with Gasteiger partial charge in [0.05, 0.1) is 0 Å². The minimum absolute atomic E-state index is 0.722. The Bertz CT molecular complexity index is 550. The normalized spacial score (nSPS) is 14.7. The second kappa shape index (κ2) is 5.09. The van der Waals surface area contributed by atoms with Crippen LogP contribution in [0.5, 0.6) is 0 Å². The molecule has 0 bridgehead atoms. The summed E-state index contributed by atoms with van der Waals surface area (Å²) in [4.78, 5) is 4.31. The Labute approximate surface area is 112 Å². The molecule has 0 radical (unpaired) electrons. The maximum Gasteiger partial charge on any atom is 0.0412 e. The molecule has 0 saturated heterocycles. The van der Waals surface area contributed by atoms with Crippen molar-refractivity contribution >= 4 is 11.6 Å². The molecule has 1 aromatic heterocycles. The summed E-state index contributed by atoms with van der Waals surface area (Å²) in [6, 6.07) is 10.8. The van der Waals surface area contributed by atoms with E-state index in [1.54, 1.807) is 0 Å². The number of nitrogens with one attached hydrogen (secondary N) is 1. The van der Waals surface area contributed by atoms with E-state index in [1.807, 2.05) is 30.6 Å². The van der Waals surface area contributed by atoms with Crippen molar-refractivity contribution in [2.75, 3.05) is 0 Å². The molecule has 1 aliphatic carbocycles. The maximum atomic E-state index is 6.01. The lowest BCUT2D eigenvalue weighted by Gasteiger charge is -2.06. The topological polar surface area (TPSA) is 24.9 Å². The molecule has 0 spiro atoms. The first-order valence-electron chi connectivity index (χ1n) is 6.24. The van der Waals surface area contributed by atoms with E-state index in [-0.39, 0.29) is 0 Å². The number of pyridine rings is 1. The summed E-state index contributed by atoms with van der Waals surface area (Å²) in [5, 5.41) is 4.26. The minimum Gasteiger partial charge on any atom is -0.310 e. The van der Waals surface area contributed by atoms with Gasteiger partial charge in [-0.2, -0.15) is 0 Å². The van der Waals surface area contributed by atoms with Crippen molar-refractivity contribution in [1.29, 1.82) is 0 Å². The van der Waals surface area contributed by atoms with Gasteiger partial charge in [0.15, 0.2) is 0 Å². The summed E-state index contributed by atoms with van der Waals surface area (Å²) < 4.78 is 0. The lowest BCUT2D eigenvalue weighted by molar-refractivity contribution is 0.686. The molecule has 0 unspecified atom stereocenters. The predicted molar refractivity (Wildman–Crippen MR) is 74.5 cm³/mol. The lowest BCUT2D eigenvalue weighted by Crippen LogP contribution is -2.15. The van der Waals surface area contributed by atoms with Crippen molar-refractivity contribution in [3.63, 3.8) is 0 Å². The molecule has 92 valence electrons. The summed E-state index contributed by atoms with van der Waals surface area (Å²) in [6.45, 7) is 0.895. The zero-order valence-electron chi connectivity index (χ0n) is 10.1. The van der Waals surface area contributed by atoms with E-state index in [0.717, 1.165) is 28.7 Å². The van der Waals surface area contributed by atoms with Crippen LogP contribution in [0.25, 0.3) is 11.1 Å². The number of hydrogen-bond acceptors (Lipinski definition) is 2. The predicted octanol–water partition coefficient (Wildman–Crippen LogP) is 3.65. The van der Waals surface area contributed by atoms with Crippen LogP contribution in [0.15, 0.2) is 42.7 Å². The van der Waals surface area contributed by atoms with Gasteiger partial charge in [-0.05, 0) is 42.2 Å². The Morgan fingerprint density at radius 1 is 1.17 bits per heavy atom. The second-order valence-corrected chi connectivity index (χ2v) is 5.18. The summed E-state index contributed by atoms with van der Waals surface area (Å²) in [5.74, 6) is 0. The molecule has 2 nitrogen and oxygen atoms in total. The highest BCUT2D eigenvalue weighted by Gasteiger charge is 2.19. The fourth-order valence-electron chi connectivity index (χ4n) is 1.96. The van der Waals surface area contributed by atoms with Crippen molar-refractivity contribution in [2.24, 2.45) is 0 Å². The van der Waals surface area contributed by atoms with Gasteiger partial charge >= 0.3 is 0 Å². The molecule has 3 heteroatoms. The van der Waals surface area contributed by atoms with Gasteiger partial charge < -0.3 is 5.32 Å². The number of benzene rings is 1. The minimum atomic E-state index is 0.722. The standard InChI is InChI=1S/C15H15ClN2/c16-14-3-1-2-12(7-14)13-6-11(8-17-10-13)9-18-15-4-5-15/h1-3,6-8,10,15,18H,4-5,9H2. The van der Waals surface area contributed by atoms with Gasteiger partial charge in [0.1, 0.15) is 0 Å². The largest absolute Gasteiger partial charge is 0.310 e. The highest BCUT2D eigenvalue weighted by Crippen LogP contribution is 2.23. The van der Waals surface area contributed by atoms with Crippen LogP contribution < -0.4 is 5.32 Å². The van der Waals surface area contributed by atoms with Crippen LogP contribution in [-0.2, 0) is 6.54 Å². The Hall–Kier alpha value is -1.38. The molecular formula is C15H15ClN2. The van der Waals surface area contributed by atoms with E-state index in [0.29, 0.717) is 0 Å². The van der Waals surface area contributed by atoms with Gasteiger partial charge in [-0.3, -0.25) is 4.98 Å². The van der Waals surface area contributed by atoms with Crippen LogP contribution in [0, 0.1) is 0 Å².